The first-order valence-electron chi connectivity index (χ1n) is 9.41. The van der Waals surface area contributed by atoms with Gasteiger partial charge in [0.25, 0.3) is 5.91 Å². The Bertz CT molecular complexity index is 1180. The molecule has 4 rings (SSSR count). The molecule has 2 aromatic heterocycles. The van der Waals surface area contributed by atoms with E-state index >= 15 is 0 Å². The maximum Gasteiger partial charge on any atom is 0.255 e. The lowest BCUT2D eigenvalue weighted by Gasteiger charge is -2.13. The van der Waals surface area contributed by atoms with Gasteiger partial charge in [0, 0.05) is 5.75 Å². The Morgan fingerprint density at radius 3 is 2.77 bits per heavy atom. The van der Waals surface area contributed by atoms with Crippen molar-refractivity contribution in [2.45, 2.75) is 10.9 Å². The van der Waals surface area contributed by atoms with Gasteiger partial charge in [-0.25, -0.2) is 0 Å². The van der Waals surface area contributed by atoms with Crippen molar-refractivity contribution in [3.05, 3.63) is 71.6 Å². The van der Waals surface area contributed by atoms with Crippen LogP contribution in [0.25, 0.3) is 16.4 Å². The molecule has 0 saturated heterocycles. The number of thiophene rings is 1. The highest BCUT2D eigenvalue weighted by Crippen LogP contribution is 2.35. The molecule has 0 fully saturated rings. The minimum absolute atomic E-state index is 0.150. The van der Waals surface area contributed by atoms with Crippen molar-refractivity contribution >= 4 is 29.0 Å². The van der Waals surface area contributed by atoms with Crippen LogP contribution in [0, 0.1) is 0 Å². The van der Waals surface area contributed by atoms with Gasteiger partial charge in [-0.05, 0) is 41.3 Å². The smallest absolute Gasteiger partial charge is 0.255 e. The van der Waals surface area contributed by atoms with E-state index < -0.39 is 5.91 Å². The molecule has 0 radical (unpaired) electrons. The fourth-order valence-corrected chi connectivity index (χ4v) is 4.57. The summed E-state index contributed by atoms with van der Waals surface area (Å²) in [5.41, 5.74) is 7.06. The highest BCUT2D eigenvalue weighted by atomic mass is 32.2. The minimum Gasteiger partial charge on any atom is -0.495 e. The van der Waals surface area contributed by atoms with Crippen LogP contribution in [0.2, 0.25) is 0 Å². The SMILES string of the molecule is COc1ccccc1-n1c(SCc2cccc(OCC(N)=O)c2)nnc1-c1cccs1. The molecule has 158 valence electrons. The van der Waals surface area contributed by atoms with Gasteiger partial charge in [-0.2, -0.15) is 0 Å². The van der Waals surface area contributed by atoms with Gasteiger partial charge in [0.05, 0.1) is 17.7 Å². The first-order valence-corrected chi connectivity index (χ1v) is 11.3. The van der Waals surface area contributed by atoms with Crippen molar-refractivity contribution in [2.24, 2.45) is 5.73 Å². The number of para-hydroxylation sites is 2. The molecule has 0 saturated carbocycles. The van der Waals surface area contributed by atoms with Crippen LogP contribution in [0.5, 0.6) is 11.5 Å². The number of aromatic nitrogens is 3. The van der Waals surface area contributed by atoms with E-state index in [-0.39, 0.29) is 6.61 Å². The van der Waals surface area contributed by atoms with E-state index in [0.29, 0.717) is 11.5 Å². The predicted octanol–water partition coefficient (Wildman–Crippen LogP) is 4.16. The van der Waals surface area contributed by atoms with Crippen molar-refractivity contribution < 1.29 is 14.3 Å². The molecule has 0 spiro atoms. The average Bonchev–Trinajstić information content (AvgIpc) is 3.46. The Hall–Kier alpha value is -3.30. The Morgan fingerprint density at radius 2 is 2.00 bits per heavy atom. The summed E-state index contributed by atoms with van der Waals surface area (Å²) >= 11 is 3.16. The number of hydrogen-bond acceptors (Lipinski definition) is 7. The third-order valence-electron chi connectivity index (χ3n) is 4.35. The number of ether oxygens (including phenoxy) is 2. The highest BCUT2D eigenvalue weighted by molar-refractivity contribution is 7.98. The number of hydrogen-bond donors (Lipinski definition) is 1. The molecule has 2 N–H and O–H groups in total. The first kappa shape index (κ1) is 21.0. The lowest BCUT2D eigenvalue weighted by atomic mass is 10.2. The number of thioether (sulfide) groups is 1. The van der Waals surface area contributed by atoms with Gasteiger partial charge >= 0.3 is 0 Å². The van der Waals surface area contributed by atoms with Crippen LogP contribution in [0.3, 0.4) is 0 Å². The summed E-state index contributed by atoms with van der Waals surface area (Å²) in [5, 5.41) is 11.7. The lowest BCUT2D eigenvalue weighted by molar-refractivity contribution is -0.119. The number of carbonyl (C=O) groups excluding carboxylic acids is 1. The molecular weight excluding hydrogens is 432 g/mol. The quantitative estimate of drug-likeness (QED) is 0.383. The molecule has 0 aliphatic heterocycles. The predicted molar refractivity (Wildman–Crippen MR) is 122 cm³/mol. The van der Waals surface area contributed by atoms with Crippen molar-refractivity contribution in [1.29, 1.82) is 0 Å². The standard InChI is InChI=1S/C22H20N4O3S2/c1-28-18-9-3-2-8-17(18)26-21(19-10-5-11-30-19)24-25-22(26)31-14-15-6-4-7-16(12-15)29-13-20(23)27/h2-12H,13-14H2,1H3,(H2,23,27). The second kappa shape index (κ2) is 9.67. The van der Waals surface area contributed by atoms with Crippen molar-refractivity contribution in [3.63, 3.8) is 0 Å². The molecule has 0 bridgehead atoms. The zero-order valence-electron chi connectivity index (χ0n) is 16.7. The van der Waals surface area contributed by atoms with Gasteiger partial charge < -0.3 is 15.2 Å². The van der Waals surface area contributed by atoms with Gasteiger partial charge in [0.2, 0.25) is 0 Å². The number of nitrogens with zero attached hydrogens (tertiary/aromatic N) is 3. The van der Waals surface area contributed by atoms with Crippen molar-refractivity contribution in [1.82, 2.24) is 14.8 Å². The van der Waals surface area contributed by atoms with Crippen molar-refractivity contribution in [2.75, 3.05) is 13.7 Å². The van der Waals surface area contributed by atoms with E-state index in [2.05, 4.69) is 10.2 Å². The normalized spacial score (nSPS) is 10.7. The van der Waals surface area contributed by atoms with Crippen LogP contribution in [0.1, 0.15) is 5.56 Å². The zero-order chi connectivity index (χ0) is 21.6. The van der Waals surface area contributed by atoms with Gasteiger partial charge in [-0.15, -0.1) is 21.5 Å². The number of benzene rings is 2. The van der Waals surface area contributed by atoms with Gasteiger partial charge in [-0.3, -0.25) is 9.36 Å². The molecule has 31 heavy (non-hydrogen) atoms. The molecule has 7 nitrogen and oxygen atoms in total. The second-order valence-electron chi connectivity index (χ2n) is 6.48. The maximum atomic E-state index is 11.0. The van der Waals surface area contributed by atoms with E-state index in [9.17, 15) is 4.79 Å². The summed E-state index contributed by atoms with van der Waals surface area (Å²) in [7, 11) is 1.65. The monoisotopic (exact) mass is 452 g/mol. The zero-order valence-corrected chi connectivity index (χ0v) is 18.4. The fourth-order valence-electron chi connectivity index (χ4n) is 2.99. The van der Waals surface area contributed by atoms with Crippen LogP contribution in [-0.4, -0.2) is 34.4 Å². The maximum absolute atomic E-state index is 11.0. The molecular formula is C22H20N4O3S2. The summed E-state index contributed by atoms with van der Waals surface area (Å²) < 4.78 is 13.0. The molecule has 2 heterocycles. The first-order chi connectivity index (χ1) is 15.2. The summed E-state index contributed by atoms with van der Waals surface area (Å²) in [6.07, 6.45) is 0. The van der Waals surface area contributed by atoms with Crippen LogP contribution in [0.15, 0.2) is 71.2 Å². The molecule has 0 atom stereocenters. The average molecular weight is 453 g/mol. The van der Waals surface area contributed by atoms with Crippen LogP contribution >= 0.6 is 23.1 Å². The Balaban J connectivity index is 1.64. The Kier molecular flexibility index (Phi) is 6.54. The molecule has 2 aromatic carbocycles. The van der Waals surface area contributed by atoms with Crippen LogP contribution in [0.4, 0.5) is 0 Å². The van der Waals surface area contributed by atoms with E-state index in [1.165, 1.54) is 0 Å². The number of primary amides is 1. The van der Waals surface area contributed by atoms with E-state index in [4.69, 9.17) is 15.2 Å². The third-order valence-corrected chi connectivity index (χ3v) is 6.21. The van der Waals surface area contributed by atoms with Crippen LogP contribution < -0.4 is 15.2 Å². The number of carbonyl (C=O) groups is 1. The Morgan fingerprint density at radius 1 is 1.13 bits per heavy atom. The topological polar surface area (TPSA) is 92.3 Å². The molecule has 4 aromatic rings. The fraction of sp³-hybridized carbons (Fsp3) is 0.136. The summed E-state index contributed by atoms with van der Waals surface area (Å²) in [5.74, 6) is 2.24. The van der Waals surface area contributed by atoms with Crippen LogP contribution in [-0.2, 0) is 10.5 Å². The lowest BCUT2D eigenvalue weighted by Crippen LogP contribution is -2.20. The molecule has 0 aliphatic rings. The Labute approximate surface area is 187 Å². The largest absolute Gasteiger partial charge is 0.495 e. The summed E-state index contributed by atoms with van der Waals surface area (Å²) in [6, 6.07) is 19.4. The number of nitrogens with two attached hydrogens (primary N) is 1. The summed E-state index contributed by atoms with van der Waals surface area (Å²) in [6.45, 7) is -0.150. The molecule has 1 amide bonds. The van der Waals surface area contributed by atoms with Gasteiger partial charge in [0.1, 0.15) is 11.5 Å². The molecule has 0 aliphatic carbocycles. The second-order valence-corrected chi connectivity index (χ2v) is 8.37. The summed E-state index contributed by atoms with van der Waals surface area (Å²) in [4.78, 5) is 12.0. The van der Waals surface area contributed by atoms with E-state index in [1.807, 2.05) is 64.5 Å². The third kappa shape index (κ3) is 4.89. The molecule has 9 heteroatoms. The highest BCUT2D eigenvalue weighted by Gasteiger charge is 2.19. The molecule has 0 unspecified atom stereocenters. The van der Waals surface area contributed by atoms with E-state index in [0.717, 1.165) is 32.9 Å². The number of amides is 1. The number of methoxy groups -OCH3 is 1. The number of rotatable bonds is 9. The van der Waals surface area contributed by atoms with Gasteiger partial charge in [0.15, 0.2) is 17.6 Å². The minimum atomic E-state index is -0.509. The van der Waals surface area contributed by atoms with E-state index in [1.54, 1.807) is 36.3 Å². The van der Waals surface area contributed by atoms with Crippen molar-refractivity contribution in [3.8, 4) is 27.9 Å². The van der Waals surface area contributed by atoms with Gasteiger partial charge in [-0.1, -0.05) is 42.1 Å².